The summed E-state index contributed by atoms with van der Waals surface area (Å²) >= 11 is 0. The molecule has 1 aliphatic heterocycles. The Bertz CT molecular complexity index is 449. The molecule has 1 saturated heterocycles. The number of nitrogens with zero attached hydrogens (tertiary/aromatic N) is 3. The monoisotopic (exact) mass is 246 g/mol. The number of aromatic nitrogens is 1. The molecule has 96 valence electrons. The molecule has 2 rings (SSSR count). The molecule has 1 aromatic heterocycles. The maximum absolute atomic E-state index is 9.14. The second kappa shape index (κ2) is 5.69. The minimum atomic E-state index is 0.246. The molecular formula is C13H18N4O. The smallest absolute Gasteiger partial charge is 0.146 e. The van der Waals surface area contributed by atoms with Crippen LogP contribution in [0.4, 0.5) is 11.5 Å². The number of nitrogens with two attached hydrogens (primary N) is 1. The summed E-state index contributed by atoms with van der Waals surface area (Å²) < 4.78 is 5.63. The van der Waals surface area contributed by atoms with Crippen LogP contribution in [-0.2, 0) is 4.74 Å². The number of pyridine rings is 1. The van der Waals surface area contributed by atoms with Crippen molar-refractivity contribution in [1.82, 2.24) is 4.98 Å². The predicted octanol–water partition coefficient (Wildman–Crippen LogP) is 1.54. The summed E-state index contributed by atoms with van der Waals surface area (Å²) in [6.45, 7) is 4.46. The Morgan fingerprint density at radius 3 is 3.11 bits per heavy atom. The van der Waals surface area contributed by atoms with Crippen LogP contribution < -0.4 is 10.6 Å². The summed E-state index contributed by atoms with van der Waals surface area (Å²) in [5.41, 5.74) is 6.69. The second-order valence-electron chi connectivity index (χ2n) is 4.43. The van der Waals surface area contributed by atoms with Crippen LogP contribution in [0.15, 0.2) is 12.3 Å². The highest BCUT2D eigenvalue weighted by Gasteiger charge is 2.20. The van der Waals surface area contributed by atoms with Gasteiger partial charge in [0.1, 0.15) is 11.9 Å². The molecule has 5 nitrogen and oxygen atoms in total. The van der Waals surface area contributed by atoms with E-state index >= 15 is 0 Å². The molecule has 18 heavy (non-hydrogen) atoms. The zero-order valence-corrected chi connectivity index (χ0v) is 10.6. The summed E-state index contributed by atoms with van der Waals surface area (Å²) in [4.78, 5) is 6.36. The zero-order chi connectivity index (χ0) is 13.0. The number of hydrogen-bond acceptors (Lipinski definition) is 5. The normalized spacial score (nSPS) is 18.6. The van der Waals surface area contributed by atoms with Gasteiger partial charge in [-0.25, -0.2) is 4.98 Å². The van der Waals surface area contributed by atoms with Crippen molar-refractivity contribution in [3.8, 4) is 6.07 Å². The standard InChI is InChI=1S/C13H18N4O/c1-2-17(9-12-4-3-5-18-12)13-10(7-14)6-11(15)8-16-13/h6,8,12H,2-5,9,15H2,1H3. The van der Waals surface area contributed by atoms with Crippen molar-refractivity contribution in [3.05, 3.63) is 17.8 Å². The van der Waals surface area contributed by atoms with Gasteiger partial charge < -0.3 is 15.4 Å². The van der Waals surface area contributed by atoms with Gasteiger partial charge in [-0.05, 0) is 25.8 Å². The van der Waals surface area contributed by atoms with Gasteiger partial charge in [0.2, 0.25) is 0 Å². The van der Waals surface area contributed by atoms with Gasteiger partial charge in [-0.1, -0.05) is 0 Å². The molecule has 0 amide bonds. The first-order chi connectivity index (χ1) is 8.74. The highest BCUT2D eigenvalue weighted by atomic mass is 16.5. The average Bonchev–Trinajstić information content (AvgIpc) is 2.89. The maximum Gasteiger partial charge on any atom is 0.146 e. The Morgan fingerprint density at radius 1 is 1.67 bits per heavy atom. The van der Waals surface area contributed by atoms with E-state index in [2.05, 4.69) is 16.0 Å². The van der Waals surface area contributed by atoms with Crippen LogP contribution in [0, 0.1) is 11.3 Å². The lowest BCUT2D eigenvalue weighted by molar-refractivity contribution is 0.115. The zero-order valence-electron chi connectivity index (χ0n) is 10.6. The largest absolute Gasteiger partial charge is 0.397 e. The molecule has 0 radical (unpaired) electrons. The third kappa shape index (κ3) is 2.71. The number of ether oxygens (including phenoxy) is 1. The Kier molecular flexibility index (Phi) is 4.00. The van der Waals surface area contributed by atoms with E-state index in [0.717, 1.165) is 32.5 Å². The van der Waals surface area contributed by atoms with E-state index in [-0.39, 0.29) is 6.10 Å². The Hall–Kier alpha value is -1.80. The molecule has 2 heterocycles. The maximum atomic E-state index is 9.14. The number of nitriles is 1. The van der Waals surface area contributed by atoms with Crippen molar-refractivity contribution in [3.63, 3.8) is 0 Å². The molecule has 2 N–H and O–H groups in total. The van der Waals surface area contributed by atoms with Crippen molar-refractivity contribution in [1.29, 1.82) is 5.26 Å². The number of likely N-dealkylation sites (N-methyl/N-ethyl adjacent to an activating group) is 1. The van der Waals surface area contributed by atoms with Gasteiger partial charge >= 0.3 is 0 Å². The SMILES string of the molecule is CCN(CC1CCCO1)c1ncc(N)cc1C#N. The fourth-order valence-electron chi connectivity index (χ4n) is 2.21. The summed E-state index contributed by atoms with van der Waals surface area (Å²) in [6.07, 6.45) is 4.03. The van der Waals surface area contributed by atoms with Crippen LogP contribution in [0.5, 0.6) is 0 Å². The summed E-state index contributed by atoms with van der Waals surface area (Å²) in [5.74, 6) is 0.699. The van der Waals surface area contributed by atoms with Crippen LogP contribution >= 0.6 is 0 Å². The van der Waals surface area contributed by atoms with E-state index in [9.17, 15) is 0 Å². The van der Waals surface area contributed by atoms with Crippen molar-refractivity contribution >= 4 is 11.5 Å². The lowest BCUT2D eigenvalue weighted by atomic mass is 10.2. The molecular weight excluding hydrogens is 228 g/mol. The van der Waals surface area contributed by atoms with E-state index < -0.39 is 0 Å². The predicted molar refractivity (Wildman–Crippen MR) is 70.2 cm³/mol. The van der Waals surface area contributed by atoms with Crippen LogP contribution in [0.2, 0.25) is 0 Å². The van der Waals surface area contributed by atoms with E-state index in [0.29, 0.717) is 17.1 Å². The Balaban J connectivity index is 2.18. The molecule has 0 bridgehead atoms. The number of rotatable bonds is 4. The van der Waals surface area contributed by atoms with Gasteiger partial charge in [0, 0.05) is 19.7 Å². The summed E-state index contributed by atoms with van der Waals surface area (Å²) in [7, 11) is 0. The van der Waals surface area contributed by atoms with Crippen LogP contribution in [0.3, 0.4) is 0 Å². The lowest BCUT2D eigenvalue weighted by Crippen LogP contribution is -2.33. The summed E-state index contributed by atoms with van der Waals surface area (Å²) in [5, 5.41) is 9.14. The lowest BCUT2D eigenvalue weighted by Gasteiger charge is -2.25. The van der Waals surface area contributed by atoms with Crippen LogP contribution in [0.25, 0.3) is 0 Å². The van der Waals surface area contributed by atoms with Crippen molar-refractivity contribution in [2.75, 3.05) is 30.3 Å². The molecule has 0 saturated carbocycles. The highest BCUT2D eigenvalue weighted by Crippen LogP contribution is 2.21. The molecule has 1 fully saturated rings. The van der Waals surface area contributed by atoms with Crippen LogP contribution in [0.1, 0.15) is 25.3 Å². The molecule has 1 aliphatic rings. The van der Waals surface area contributed by atoms with Crippen molar-refractivity contribution in [2.24, 2.45) is 0 Å². The van der Waals surface area contributed by atoms with E-state index in [4.69, 9.17) is 15.7 Å². The topological polar surface area (TPSA) is 75.2 Å². The van der Waals surface area contributed by atoms with E-state index in [1.54, 1.807) is 12.3 Å². The first-order valence-corrected chi connectivity index (χ1v) is 6.26. The fourth-order valence-corrected chi connectivity index (χ4v) is 2.21. The molecule has 1 aromatic rings. The highest BCUT2D eigenvalue weighted by molar-refractivity contribution is 5.58. The van der Waals surface area contributed by atoms with Gasteiger partial charge in [0.25, 0.3) is 0 Å². The third-order valence-corrected chi connectivity index (χ3v) is 3.14. The quantitative estimate of drug-likeness (QED) is 0.872. The molecule has 1 unspecified atom stereocenters. The molecule has 0 aliphatic carbocycles. The van der Waals surface area contributed by atoms with E-state index in [1.165, 1.54) is 0 Å². The van der Waals surface area contributed by atoms with Crippen molar-refractivity contribution in [2.45, 2.75) is 25.9 Å². The first-order valence-electron chi connectivity index (χ1n) is 6.26. The van der Waals surface area contributed by atoms with Gasteiger partial charge in [-0.15, -0.1) is 0 Å². The number of anilines is 2. The number of hydrogen-bond donors (Lipinski definition) is 1. The van der Waals surface area contributed by atoms with Gasteiger partial charge in [0.15, 0.2) is 0 Å². The molecule has 0 spiro atoms. The minimum Gasteiger partial charge on any atom is -0.397 e. The van der Waals surface area contributed by atoms with Gasteiger partial charge in [-0.3, -0.25) is 0 Å². The minimum absolute atomic E-state index is 0.246. The molecule has 0 aromatic carbocycles. The van der Waals surface area contributed by atoms with Gasteiger partial charge in [0.05, 0.1) is 23.6 Å². The molecule has 5 heteroatoms. The summed E-state index contributed by atoms with van der Waals surface area (Å²) in [6, 6.07) is 3.82. The van der Waals surface area contributed by atoms with E-state index in [1.807, 2.05) is 6.92 Å². The fraction of sp³-hybridized carbons (Fsp3) is 0.538. The Morgan fingerprint density at radius 2 is 2.50 bits per heavy atom. The van der Waals surface area contributed by atoms with Crippen molar-refractivity contribution < 1.29 is 4.74 Å². The molecule has 1 atom stereocenters. The second-order valence-corrected chi connectivity index (χ2v) is 4.43. The number of nitrogen functional groups attached to an aromatic ring is 1. The average molecular weight is 246 g/mol. The first kappa shape index (κ1) is 12.7. The Labute approximate surface area is 107 Å². The third-order valence-electron chi connectivity index (χ3n) is 3.14. The van der Waals surface area contributed by atoms with Crippen LogP contribution in [-0.4, -0.2) is 30.8 Å². The van der Waals surface area contributed by atoms with Gasteiger partial charge in [-0.2, -0.15) is 5.26 Å².